The van der Waals surface area contributed by atoms with E-state index in [9.17, 15) is 19.2 Å². The number of esters is 2. The van der Waals surface area contributed by atoms with Gasteiger partial charge in [-0.2, -0.15) is 0 Å². The van der Waals surface area contributed by atoms with Gasteiger partial charge in [0.25, 0.3) is 0 Å². The van der Waals surface area contributed by atoms with Crippen LogP contribution in [0.2, 0.25) is 0 Å². The number of carbonyl (C=O) groups excluding carboxylic acids is 4. The number of nitrogens with zero attached hydrogens (tertiary/aromatic N) is 2. The summed E-state index contributed by atoms with van der Waals surface area (Å²) in [5, 5.41) is 3.02. The van der Waals surface area contributed by atoms with E-state index in [4.69, 9.17) is 9.47 Å². The van der Waals surface area contributed by atoms with E-state index in [1.165, 1.54) is 20.5 Å². The van der Waals surface area contributed by atoms with Crippen LogP contribution in [0, 0.1) is 18.8 Å². The van der Waals surface area contributed by atoms with Crippen LogP contribution in [0.25, 0.3) is 0 Å². The van der Waals surface area contributed by atoms with Gasteiger partial charge in [0.2, 0.25) is 11.8 Å². The van der Waals surface area contributed by atoms with Gasteiger partial charge < -0.3 is 14.5 Å². The highest BCUT2D eigenvalue weighted by atomic mass is 16.5. The molecule has 0 aromatic carbocycles. The van der Waals surface area contributed by atoms with Crippen molar-refractivity contribution in [1.82, 2.24) is 20.2 Å². The third-order valence-corrected chi connectivity index (χ3v) is 5.24. The second-order valence-electron chi connectivity index (χ2n) is 6.49. The Morgan fingerprint density at radius 2 is 1.96 bits per heavy atom. The Kier molecular flexibility index (Phi) is 4.31. The summed E-state index contributed by atoms with van der Waals surface area (Å²) in [5.41, 5.74) is -0.512. The zero-order valence-corrected chi connectivity index (χ0v) is 14.9. The molecule has 2 fully saturated rings. The average Bonchev–Trinajstić information content (AvgIpc) is 3.26. The highest BCUT2D eigenvalue weighted by molar-refractivity contribution is 6.10. The molecule has 2 amide bonds. The van der Waals surface area contributed by atoms with Gasteiger partial charge in [-0.25, -0.2) is 4.98 Å². The zero-order valence-electron chi connectivity index (χ0n) is 14.9. The first-order valence-corrected chi connectivity index (χ1v) is 8.02. The Morgan fingerprint density at radius 3 is 2.50 bits per heavy atom. The van der Waals surface area contributed by atoms with Crippen molar-refractivity contribution in [3.05, 3.63) is 17.7 Å². The number of aromatic nitrogens is 2. The molecule has 4 atom stereocenters. The van der Waals surface area contributed by atoms with E-state index < -0.39 is 53.6 Å². The molecule has 0 aliphatic carbocycles. The zero-order chi connectivity index (χ0) is 19.2. The number of methoxy groups -OCH3 is 2. The smallest absolute Gasteiger partial charge is 0.327 e. The van der Waals surface area contributed by atoms with E-state index >= 15 is 0 Å². The molecule has 2 aliphatic rings. The van der Waals surface area contributed by atoms with Crippen LogP contribution in [0.15, 0.2) is 6.33 Å². The maximum Gasteiger partial charge on any atom is 0.327 e. The maximum absolute atomic E-state index is 12.8. The number of likely N-dealkylation sites (tertiary alicyclic amines) is 1. The summed E-state index contributed by atoms with van der Waals surface area (Å²) < 4.78 is 9.59. The van der Waals surface area contributed by atoms with Gasteiger partial charge >= 0.3 is 11.9 Å². The summed E-state index contributed by atoms with van der Waals surface area (Å²) in [7, 11) is 3.70. The lowest BCUT2D eigenvalue weighted by atomic mass is 9.77. The average molecular weight is 364 g/mol. The third-order valence-electron chi connectivity index (χ3n) is 5.24. The monoisotopic (exact) mass is 364 g/mol. The number of imidazole rings is 1. The van der Waals surface area contributed by atoms with E-state index in [0.29, 0.717) is 11.4 Å². The Morgan fingerprint density at radius 1 is 1.27 bits per heavy atom. The molecule has 2 saturated heterocycles. The van der Waals surface area contributed by atoms with Crippen LogP contribution in [0.1, 0.15) is 23.9 Å². The second-order valence-corrected chi connectivity index (χ2v) is 6.49. The number of carbonyl (C=O) groups is 4. The van der Waals surface area contributed by atoms with Crippen molar-refractivity contribution in [1.29, 1.82) is 0 Å². The van der Waals surface area contributed by atoms with Crippen LogP contribution in [-0.4, -0.2) is 65.4 Å². The summed E-state index contributed by atoms with van der Waals surface area (Å²) >= 11 is 0. The van der Waals surface area contributed by atoms with Crippen LogP contribution in [-0.2, 0) is 28.7 Å². The number of hydrogen-bond donors (Lipinski definition) is 2. The van der Waals surface area contributed by atoms with Crippen LogP contribution in [0.3, 0.4) is 0 Å². The summed E-state index contributed by atoms with van der Waals surface area (Å²) in [4.78, 5) is 58.3. The molecular weight excluding hydrogens is 344 g/mol. The molecule has 2 N–H and O–H groups in total. The molecule has 2 aliphatic heterocycles. The molecule has 26 heavy (non-hydrogen) atoms. The van der Waals surface area contributed by atoms with E-state index in [0.717, 1.165) is 12.0 Å². The van der Waals surface area contributed by atoms with E-state index in [-0.39, 0.29) is 0 Å². The second kappa shape index (κ2) is 6.20. The molecule has 1 aromatic heterocycles. The van der Waals surface area contributed by atoms with Crippen molar-refractivity contribution >= 4 is 23.8 Å². The summed E-state index contributed by atoms with van der Waals surface area (Å²) in [6.45, 7) is 1.77. The molecule has 3 heterocycles. The number of fused-ring (bicyclic) bond motifs is 1. The minimum atomic E-state index is -1.71. The molecule has 0 bridgehead atoms. The Balaban J connectivity index is 2.17. The van der Waals surface area contributed by atoms with Gasteiger partial charge in [0.05, 0.1) is 50.5 Å². The number of rotatable bonds is 4. The maximum atomic E-state index is 12.8. The highest BCUT2D eigenvalue weighted by Gasteiger charge is 2.69. The number of nitrogens with one attached hydrogen (secondary N) is 2. The van der Waals surface area contributed by atoms with E-state index in [2.05, 4.69) is 15.3 Å². The van der Waals surface area contributed by atoms with Gasteiger partial charge in [-0.15, -0.1) is 0 Å². The lowest BCUT2D eigenvalue weighted by Crippen LogP contribution is -2.57. The first-order valence-electron chi connectivity index (χ1n) is 8.02. The number of imide groups is 1. The van der Waals surface area contributed by atoms with Gasteiger partial charge in [-0.1, -0.05) is 0 Å². The van der Waals surface area contributed by atoms with Crippen molar-refractivity contribution in [3.8, 4) is 0 Å². The number of hydrogen-bond acceptors (Lipinski definition) is 8. The summed E-state index contributed by atoms with van der Waals surface area (Å²) in [5.74, 6) is -4.44. The van der Waals surface area contributed by atoms with Crippen molar-refractivity contribution in [2.75, 3.05) is 21.3 Å². The molecule has 3 rings (SSSR count). The first-order chi connectivity index (χ1) is 12.3. The SMILES string of the molecule is COC(=O)C[C@@]1(C(=O)OC)N[C@H](c2nc[nH]c2C)[C@@H]2C(=O)N(C)C(=O)[C@@H]21. The number of aryl methyl sites for hydroxylation is 1. The predicted octanol–water partition coefficient (Wildman–Crippen LogP) is -0.932. The fraction of sp³-hybridized carbons (Fsp3) is 0.562. The molecule has 10 nitrogen and oxygen atoms in total. The third kappa shape index (κ3) is 2.32. The molecule has 10 heteroatoms. The van der Waals surface area contributed by atoms with Crippen LogP contribution in [0.4, 0.5) is 0 Å². The molecule has 0 radical (unpaired) electrons. The van der Waals surface area contributed by atoms with E-state index in [1.807, 2.05) is 0 Å². The number of amides is 2. The fourth-order valence-electron chi connectivity index (χ4n) is 3.97. The van der Waals surface area contributed by atoms with Gasteiger partial charge in [-0.05, 0) is 6.92 Å². The van der Waals surface area contributed by atoms with E-state index in [1.54, 1.807) is 6.92 Å². The molecule has 1 aromatic rings. The Labute approximate surface area is 149 Å². The predicted molar refractivity (Wildman–Crippen MR) is 85.3 cm³/mol. The van der Waals surface area contributed by atoms with Crippen LogP contribution >= 0.6 is 0 Å². The number of H-pyrrole nitrogens is 1. The van der Waals surface area contributed by atoms with Gasteiger partial charge in [-0.3, -0.25) is 29.4 Å². The van der Waals surface area contributed by atoms with Crippen LogP contribution < -0.4 is 5.32 Å². The summed E-state index contributed by atoms with van der Waals surface area (Å²) in [6.07, 6.45) is 1.02. The minimum Gasteiger partial charge on any atom is -0.469 e. The fourth-order valence-corrected chi connectivity index (χ4v) is 3.97. The molecule has 0 spiro atoms. The molecular formula is C16H20N4O6. The number of ether oxygens (including phenoxy) is 2. The lowest BCUT2D eigenvalue weighted by molar-refractivity contribution is -0.159. The molecule has 0 unspecified atom stereocenters. The van der Waals surface area contributed by atoms with Crippen molar-refractivity contribution in [3.63, 3.8) is 0 Å². The van der Waals surface area contributed by atoms with Gasteiger partial charge in [0.15, 0.2) is 0 Å². The van der Waals surface area contributed by atoms with Gasteiger partial charge in [0, 0.05) is 12.7 Å². The van der Waals surface area contributed by atoms with Crippen molar-refractivity contribution in [2.45, 2.75) is 24.9 Å². The standard InChI is InChI=1S/C16H20N4O6/c1-7-11(18-6-17-7)12-9-10(14(23)20(2)13(9)22)16(19-12,15(24)26-4)5-8(21)25-3/h6,9-10,12,19H,5H2,1-4H3,(H,17,18)/t9-,10-,12+,16-/m1/s1. The van der Waals surface area contributed by atoms with Crippen molar-refractivity contribution < 1.29 is 28.7 Å². The quantitative estimate of drug-likeness (QED) is 0.517. The van der Waals surface area contributed by atoms with Gasteiger partial charge in [0.1, 0.15) is 5.54 Å². The largest absolute Gasteiger partial charge is 0.469 e. The normalized spacial score (nSPS) is 30.5. The summed E-state index contributed by atoms with van der Waals surface area (Å²) in [6, 6.07) is -0.726. The molecule has 0 saturated carbocycles. The highest BCUT2D eigenvalue weighted by Crippen LogP contribution is 2.50. The Hall–Kier alpha value is -2.75. The number of aromatic amines is 1. The van der Waals surface area contributed by atoms with Crippen molar-refractivity contribution in [2.24, 2.45) is 11.8 Å². The molecule has 140 valence electrons. The topological polar surface area (TPSA) is 131 Å². The Bertz CT molecular complexity index is 789. The lowest BCUT2D eigenvalue weighted by Gasteiger charge is -2.30. The first kappa shape index (κ1) is 18.1. The minimum absolute atomic E-state index is 0.435. The van der Waals surface area contributed by atoms with Crippen LogP contribution in [0.5, 0.6) is 0 Å².